The lowest BCUT2D eigenvalue weighted by atomic mass is 9.99. The van der Waals surface area contributed by atoms with E-state index in [-0.39, 0.29) is 5.75 Å². The molecule has 0 radical (unpaired) electrons. The summed E-state index contributed by atoms with van der Waals surface area (Å²) in [6.07, 6.45) is -6.33. The van der Waals surface area contributed by atoms with Gasteiger partial charge in [-0.3, -0.25) is 0 Å². The molecule has 1 saturated heterocycles. The van der Waals surface area contributed by atoms with Crippen LogP contribution in [0.1, 0.15) is 25.0 Å². The SMILES string of the molecule is CCC(O[C@@H]1OC(CO)[C@@H](O)[C@H](O)C1O)c1ccc(O)cc1. The van der Waals surface area contributed by atoms with Gasteiger partial charge in [-0.05, 0) is 24.1 Å². The summed E-state index contributed by atoms with van der Waals surface area (Å²) in [5, 5.41) is 47.9. The van der Waals surface area contributed by atoms with Crippen molar-refractivity contribution in [2.24, 2.45) is 0 Å². The monoisotopic (exact) mass is 314 g/mol. The molecular weight excluding hydrogens is 292 g/mol. The van der Waals surface area contributed by atoms with Crippen molar-refractivity contribution in [3.05, 3.63) is 29.8 Å². The number of hydrogen-bond donors (Lipinski definition) is 5. The smallest absolute Gasteiger partial charge is 0.187 e. The molecule has 1 aliphatic heterocycles. The predicted octanol–water partition coefficient (Wildman–Crippen LogP) is -0.340. The fourth-order valence-corrected chi connectivity index (χ4v) is 2.44. The summed E-state index contributed by atoms with van der Waals surface area (Å²) in [5.41, 5.74) is 0.775. The molecule has 1 fully saturated rings. The van der Waals surface area contributed by atoms with Crippen molar-refractivity contribution in [2.45, 2.75) is 50.2 Å². The van der Waals surface area contributed by atoms with Crippen molar-refractivity contribution in [1.29, 1.82) is 0 Å². The van der Waals surface area contributed by atoms with Crippen LogP contribution < -0.4 is 0 Å². The molecule has 1 aromatic carbocycles. The van der Waals surface area contributed by atoms with Gasteiger partial charge in [-0.25, -0.2) is 0 Å². The molecule has 0 bridgehead atoms. The van der Waals surface area contributed by atoms with Crippen molar-refractivity contribution in [2.75, 3.05) is 6.61 Å². The molecule has 5 N–H and O–H groups in total. The van der Waals surface area contributed by atoms with E-state index < -0.39 is 43.4 Å². The average Bonchev–Trinajstić information content (AvgIpc) is 2.53. The van der Waals surface area contributed by atoms with Crippen LogP contribution in [0.3, 0.4) is 0 Å². The Morgan fingerprint density at radius 3 is 2.27 bits per heavy atom. The lowest BCUT2D eigenvalue weighted by Crippen LogP contribution is -2.59. The van der Waals surface area contributed by atoms with Gasteiger partial charge in [0.05, 0.1) is 12.7 Å². The fourth-order valence-electron chi connectivity index (χ4n) is 2.44. The Labute approximate surface area is 128 Å². The first-order valence-electron chi connectivity index (χ1n) is 7.22. The highest BCUT2D eigenvalue weighted by molar-refractivity contribution is 5.27. The van der Waals surface area contributed by atoms with E-state index in [2.05, 4.69) is 0 Å². The van der Waals surface area contributed by atoms with Crippen LogP contribution in [0.15, 0.2) is 24.3 Å². The fraction of sp³-hybridized carbons (Fsp3) is 0.600. The summed E-state index contributed by atoms with van der Waals surface area (Å²) in [6, 6.07) is 6.42. The Bertz CT molecular complexity index is 461. The van der Waals surface area contributed by atoms with Crippen LogP contribution in [0.5, 0.6) is 5.75 Å². The number of ether oxygens (including phenoxy) is 2. The van der Waals surface area contributed by atoms with Gasteiger partial charge in [0, 0.05) is 0 Å². The molecule has 0 saturated carbocycles. The van der Waals surface area contributed by atoms with Gasteiger partial charge in [0.25, 0.3) is 0 Å². The molecule has 0 aromatic heterocycles. The summed E-state index contributed by atoms with van der Waals surface area (Å²) in [7, 11) is 0. The summed E-state index contributed by atoms with van der Waals surface area (Å²) in [6.45, 7) is 1.38. The second kappa shape index (κ2) is 7.36. The van der Waals surface area contributed by atoms with Gasteiger partial charge in [0.2, 0.25) is 0 Å². The van der Waals surface area contributed by atoms with Crippen molar-refractivity contribution in [3.63, 3.8) is 0 Å². The molecule has 1 aromatic rings. The zero-order chi connectivity index (χ0) is 16.3. The summed E-state index contributed by atoms with van der Waals surface area (Å²) < 4.78 is 11.0. The molecule has 1 heterocycles. The first-order valence-corrected chi connectivity index (χ1v) is 7.22. The van der Waals surface area contributed by atoms with Crippen LogP contribution in [0.25, 0.3) is 0 Å². The number of phenols is 1. The van der Waals surface area contributed by atoms with E-state index in [1.165, 1.54) is 12.1 Å². The van der Waals surface area contributed by atoms with E-state index in [0.29, 0.717) is 6.42 Å². The van der Waals surface area contributed by atoms with Crippen LogP contribution in [-0.4, -0.2) is 62.8 Å². The summed E-state index contributed by atoms with van der Waals surface area (Å²) in [4.78, 5) is 0. The third kappa shape index (κ3) is 3.57. The Morgan fingerprint density at radius 2 is 1.73 bits per heavy atom. The van der Waals surface area contributed by atoms with E-state index in [9.17, 15) is 20.4 Å². The van der Waals surface area contributed by atoms with Crippen molar-refractivity contribution in [3.8, 4) is 5.75 Å². The van der Waals surface area contributed by atoms with E-state index in [1.54, 1.807) is 12.1 Å². The van der Waals surface area contributed by atoms with E-state index in [4.69, 9.17) is 14.6 Å². The minimum absolute atomic E-state index is 0.131. The molecule has 0 amide bonds. The third-order valence-electron chi connectivity index (χ3n) is 3.78. The highest BCUT2D eigenvalue weighted by atomic mass is 16.7. The van der Waals surface area contributed by atoms with Gasteiger partial charge in [-0.1, -0.05) is 19.1 Å². The van der Waals surface area contributed by atoms with Crippen molar-refractivity contribution >= 4 is 0 Å². The number of hydrogen-bond acceptors (Lipinski definition) is 7. The molecule has 2 rings (SSSR count). The molecule has 1 aliphatic rings. The first-order chi connectivity index (χ1) is 10.5. The van der Waals surface area contributed by atoms with Gasteiger partial charge in [-0.15, -0.1) is 0 Å². The number of aromatic hydroxyl groups is 1. The minimum atomic E-state index is -1.46. The Hall–Kier alpha value is -1.22. The summed E-state index contributed by atoms with van der Waals surface area (Å²) >= 11 is 0. The predicted molar refractivity (Wildman–Crippen MR) is 76.0 cm³/mol. The highest BCUT2D eigenvalue weighted by Gasteiger charge is 2.44. The number of phenolic OH excluding ortho intramolecular Hbond substituents is 1. The van der Waals surface area contributed by atoms with E-state index in [1.807, 2.05) is 6.92 Å². The first kappa shape index (κ1) is 17.1. The Balaban J connectivity index is 2.10. The molecule has 0 aliphatic carbocycles. The molecule has 3 unspecified atom stereocenters. The minimum Gasteiger partial charge on any atom is -0.508 e. The van der Waals surface area contributed by atoms with Crippen LogP contribution in [0.2, 0.25) is 0 Å². The van der Waals surface area contributed by atoms with Gasteiger partial charge in [-0.2, -0.15) is 0 Å². The third-order valence-corrected chi connectivity index (χ3v) is 3.78. The van der Waals surface area contributed by atoms with Crippen molar-refractivity contribution in [1.82, 2.24) is 0 Å². The van der Waals surface area contributed by atoms with Crippen LogP contribution in [0.4, 0.5) is 0 Å². The van der Waals surface area contributed by atoms with Crippen molar-refractivity contribution < 1.29 is 35.0 Å². The standard InChI is InChI=1S/C15H22O7/c1-2-10(8-3-5-9(17)6-4-8)21-15-14(20)13(19)12(18)11(7-16)22-15/h3-6,10-20H,2,7H2,1H3/t10?,11?,12-,13+,14?,15-/m1/s1. The lowest BCUT2D eigenvalue weighted by molar-refractivity contribution is -0.312. The Kier molecular flexibility index (Phi) is 5.74. The van der Waals surface area contributed by atoms with Gasteiger partial charge in [0.1, 0.15) is 30.2 Å². The topological polar surface area (TPSA) is 120 Å². The van der Waals surface area contributed by atoms with E-state index in [0.717, 1.165) is 5.56 Å². The number of aliphatic hydroxyl groups excluding tert-OH is 4. The maximum absolute atomic E-state index is 9.97. The van der Waals surface area contributed by atoms with Gasteiger partial charge >= 0.3 is 0 Å². The largest absolute Gasteiger partial charge is 0.508 e. The summed E-state index contributed by atoms with van der Waals surface area (Å²) in [5.74, 6) is 0.131. The molecule has 124 valence electrons. The van der Waals surface area contributed by atoms with Crippen LogP contribution in [0, 0.1) is 0 Å². The maximum atomic E-state index is 9.97. The van der Waals surface area contributed by atoms with Gasteiger partial charge in [0.15, 0.2) is 6.29 Å². The second-order valence-corrected chi connectivity index (χ2v) is 5.32. The number of benzene rings is 1. The molecule has 7 nitrogen and oxygen atoms in total. The second-order valence-electron chi connectivity index (χ2n) is 5.32. The molecule has 7 heteroatoms. The molecule has 6 atom stereocenters. The van der Waals surface area contributed by atoms with E-state index >= 15 is 0 Å². The normalized spacial score (nSPS) is 33.6. The molecular formula is C15H22O7. The zero-order valence-electron chi connectivity index (χ0n) is 12.2. The Morgan fingerprint density at radius 1 is 1.09 bits per heavy atom. The molecule has 0 spiro atoms. The number of rotatable bonds is 5. The molecule has 22 heavy (non-hydrogen) atoms. The average molecular weight is 314 g/mol. The quantitative estimate of drug-likeness (QED) is 0.504. The van der Waals surface area contributed by atoms with Gasteiger partial charge < -0.3 is 35.0 Å². The lowest BCUT2D eigenvalue weighted by Gasteiger charge is -2.40. The van der Waals surface area contributed by atoms with Crippen LogP contribution in [-0.2, 0) is 9.47 Å². The number of aliphatic hydroxyl groups is 4. The van der Waals surface area contributed by atoms with Crippen LogP contribution >= 0.6 is 0 Å². The highest BCUT2D eigenvalue weighted by Crippen LogP contribution is 2.29. The maximum Gasteiger partial charge on any atom is 0.187 e. The zero-order valence-corrected chi connectivity index (χ0v) is 12.2.